The third-order valence-corrected chi connectivity index (χ3v) is 4.33. The Labute approximate surface area is 140 Å². The molecule has 0 saturated heterocycles. The Morgan fingerprint density at radius 2 is 1.91 bits per heavy atom. The number of nitrogens with zero attached hydrogens (tertiary/aromatic N) is 1. The fraction of sp³-hybridized carbons (Fsp3) is 0.278. The van der Waals surface area contributed by atoms with E-state index in [2.05, 4.69) is 38.3 Å². The summed E-state index contributed by atoms with van der Waals surface area (Å²) in [4.78, 5) is 14.2. The van der Waals surface area contributed by atoms with Gasteiger partial charge in [-0.2, -0.15) is 0 Å². The molecule has 0 aliphatic heterocycles. The van der Waals surface area contributed by atoms with Gasteiger partial charge in [-0.05, 0) is 37.2 Å². The first kappa shape index (κ1) is 16.7. The molecular weight excluding hydrogens is 340 g/mol. The van der Waals surface area contributed by atoms with Crippen molar-refractivity contribution in [2.45, 2.75) is 19.9 Å². The van der Waals surface area contributed by atoms with Gasteiger partial charge in [-0.15, -0.1) is 0 Å². The average molecular weight is 361 g/mol. The first-order valence-corrected chi connectivity index (χ1v) is 8.12. The van der Waals surface area contributed by atoms with E-state index in [-0.39, 0.29) is 5.91 Å². The first-order chi connectivity index (χ1) is 10.5. The Bertz CT molecular complexity index is 628. The Morgan fingerprint density at radius 3 is 2.59 bits per heavy atom. The van der Waals surface area contributed by atoms with Gasteiger partial charge in [-0.3, -0.25) is 4.79 Å². The third-order valence-electron chi connectivity index (χ3n) is 3.47. The minimum atomic E-state index is 0.0377. The molecule has 2 aromatic rings. The molecule has 22 heavy (non-hydrogen) atoms. The van der Waals surface area contributed by atoms with Crippen molar-refractivity contribution in [2.24, 2.45) is 0 Å². The van der Waals surface area contributed by atoms with E-state index in [0.29, 0.717) is 6.42 Å². The minimum absolute atomic E-state index is 0.0377. The SMILES string of the molecule is Cc1ccc(NC(=O)CCN(C)Cc2ccccc2)cc1Br. The van der Waals surface area contributed by atoms with Crippen molar-refractivity contribution >= 4 is 27.5 Å². The van der Waals surface area contributed by atoms with E-state index < -0.39 is 0 Å². The van der Waals surface area contributed by atoms with Crippen LogP contribution in [0.3, 0.4) is 0 Å². The van der Waals surface area contributed by atoms with Crippen LogP contribution in [0.1, 0.15) is 17.5 Å². The molecule has 1 amide bonds. The number of benzene rings is 2. The maximum absolute atomic E-state index is 12.0. The van der Waals surface area contributed by atoms with Gasteiger partial charge in [0.25, 0.3) is 0 Å². The summed E-state index contributed by atoms with van der Waals surface area (Å²) in [7, 11) is 2.03. The van der Waals surface area contributed by atoms with Gasteiger partial charge in [0.1, 0.15) is 0 Å². The Kier molecular flexibility index (Phi) is 6.16. The number of aryl methyl sites for hydroxylation is 1. The highest BCUT2D eigenvalue weighted by Gasteiger charge is 2.06. The van der Waals surface area contributed by atoms with E-state index in [1.165, 1.54) is 5.56 Å². The summed E-state index contributed by atoms with van der Waals surface area (Å²) in [5, 5.41) is 2.93. The molecule has 0 heterocycles. The van der Waals surface area contributed by atoms with Crippen LogP contribution in [0.25, 0.3) is 0 Å². The molecule has 0 spiro atoms. The second-order valence-electron chi connectivity index (χ2n) is 5.49. The van der Waals surface area contributed by atoms with Gasteiger partial charge in [0.2, 0.25) is 5.91 Å². The first-order valence-electron chi connectivity index (χ1n) is 7.33. The number of hydrogen-bond acceptors (Lipinski definition) is 2. The van der Waals surface area contributed by atoms with Crippen LogP contribution < -0.4 is 5.32 Å². The zero-order valence-electron chi connectivity index (χ0n) is 13.0. The zero-order valence-corrected chi connectivity index (χ0v) is 14.6. The predicted molar refractivity (Wildman–Crippen MR) is 94.9 cm³/mol. The largest absolute Gasteiger partial charge is 0.326 e. The molecule has 0 radical (unpaired) electrons. The molecule has 0 aliphatic carbocycles. The van der Waals surface area contributed by atoms with Crippen molar-refractivity contribution in [3.8, 4) is 0 Å². The highest BCUT2D eigenvalue weighted by atomic mass is 79.9. The molecule has 4 heteroatoms. The Hall–Kier alpha value is -1.65. The van der Waals surface area contributed by atoms with Crippen LogP contribution in [0.2, 0.25) is 0 Å². The van der Waals surface area contributed by atoms with E-state index in [0.717, 1.165) is 28.8 Å². The highest BCUT2D eigenvalue weighted by Crippen LogP contribution is 2.20. The fourth-order valence-electron chi connectivity index (χ4n) is 2.16. The molecule has 0 aliphatic rings. The third kappa shape index (κ3) is 5.28. The number of halogens is 1. The second kappa shape index (κ2) is 8.11. The van der Waals surface area contributed by atoms with Gasteiger partial charge in [-0.25, -0.2) is 0 Å². The molecular formula is C18H21BrN2O. The van der Waals surface area contributed by atoms with E-state index in [1.54, 1.807) is 0 Å². The van der Waals surface area contributed by atoms with Crippen LogP contribution in [0.15, 0.2) is 53.0 Å². The van der Waals surface area contributed by atoms with Crippen LogP contribution in [0.4, 0.5) is 5.69 Å². The zero-order chi connectivity index (χ0) is 15.9. The summed E-state index contributed by atoms with van der Waals surface area (Å²) in [5.41, 5.74) is 3.24. The molecule has 0 aromatic heterocycles. The number of amides is 1. The topological polar surface area (TPSA) is 32.3 Å². The average Bonchev–Trinajstić information content (AvgIpc) is 2.50. The predicted octanol–water partition coefficient (Wildman–Crippen LogP) is 4.22. The van der Waals surface area contributed by atoms with Crippen molar-refractivity contribution < 1.29 is 4.79 Å². The van der Waals surface area contributed by atoms with Gasteiger partial charge < -0.3 is 10.2 Å². The molecule has 0 bridgehead atoms. The van der Waals surface area contributed by atoms with Gasteiger partial charge in [0.05, 0.1) is 0 Å². The highest BCUT2D eigenvalue weighted by molar-refractivity contribution is 9.10. The molecule has 1 N–H and O–H groups in total. The number of carbonyl (C=O) groups is 1. The van der Waals surface area contributed by atoms with E-state index in [4.69, 9.17) is 0 Å². The van der Waals surface area contributed by atoms with E-state index in [9.17, 15) is 4.79 Å². The van der Waals surface area contributed by atoms with Crippen LogP contribution >= 0.6 is 15.9 Å². The molecule has 0 saturated carbocycles. The molecule has 0 unspecified atom stereocenters. The van der Waals surface area contributed by atoms with Gasteiger partial charge >= 0.3 is 0 Å². The lowest BCUT2D eigenvalue weighted by atomic mass is 10.2. The number of nitrogens with one attached hydrogen (secondary N) is 1. The van der Waals surface area contributed by atoms with Gasteiger partial charge in [-0.1, -0.05) is 52.3 Å². The van der Waals surface area contributed by atoms with Crippen molar-refractivity contribution in [2.75, 3.05) is 18.9 Å². The van der Waals surface area contributed by atoms with Crippen LogP contribution in [0, 0.1) is 6.92 Å². The minimum Gasteiger partial charge on any atom is -0.326 e. The second-order valence-corrected chi connectivity index (χ2v) is 6.34. The van der Waals surface area contributed by atoms with Crippen molar-refractivity contribution in [1.29, 1.82) is 0 Å². The van der Waals surface area contributed by atoms with E-state index in [1.807, 2.05) is 50.4 Å². The summed E-state index contributed by atoms with van der Waals surface area (Å²) in [6, 6.07) is 16.1. The lowest BCUT2D eigenvalue weighted by Gasteiger charge is -2.16. The van der Waals surface area contributed by atoms with Crippen LogP contribution in [-0.2, 0) is 11.3 Å². The molecule has 0 fully saturated rings. The summed E-state index contributed by atoms with van der Waals surface area (Å²) >= 11 is 3.48. The molecule has 3 nitrogen and oxygen atoms in total. The molecule has 0 atom stereocenters. The maximum atomic E-state index is 12.0. The Morgan fingerprint density at radius 1 is 1.18 bits per heavy atom. The number of rotatable bonds is 6. The normalized spacial score (nSPS) is 10.7. The van der Waals surface area contributed by atoms with Crippen LogP contribution in [-0.4, -0.2) is 24.4 Å². The number of carbonyl (C=O) groups excluding carboxylic acids is 1. The smallest absolute Gasteiger partial charge is 0.225 e. The fourth-order valence-corrected chi connectivity index (χ4v) is 2.54. The van der Waals surface area contributed by atoms with Crippen molar-refractivity contribution in [1.82, 2.24) is 4.90 Å². The Balaban J connectivity index is 1.78. The molecule has 2 rings (SSSR count). The van der Waals surface area contributed by atoms with Gasteiger partial charge in [0.15, 0.2) is 0 Å². The monoisotopic (exact) mass is 360 g/mol. The lowest BCUT2D eigenvalue weighted by molar-refractivity contribution is -0.116. The number of hydrogen-bond donors (Lipinski definition) is 1. The standard InChI is InChI=1S/C18H21BrN2O/c1-14-8-9-16(12-17(14)19)20-18(22)10-11-21(2)13-15-6-4-3-5-7-15/h3-9,12H,10-11,13H2,1-2H3,(H,20,22). The summed E-state index contributed by atoms with van der Waals surface area (Å²) in [5.74, 6) is 0.0377. The van der Waals surface area contributed by atoms with Gasteiger partial charge in [0, 0.05) is 29.7 Å². The molecule has 2 aromatic carbocycles. The lowest BCUT2D eigenvalue weighted by Crippen LogP contribution is -2.24. The quantitative estimate of drug-likeness (QED) is 0.836. The molecule has 116 valence electrons. The summed E-state index contributed by atoms with van der Waals surface area (Å²) < 4.78 is 1.01. The van der Waals surface area contributed by atoms with Crippen molar-refractivity contribution in [3.05, 3.63) is 64.1 Å². The van der Waals surface area contributed by atoms with E-state index >= 15 is 0 Å². The summed E-state index contributed by atoms with van der Waals surface area (Å²) in [6.07, 6.45) is 0.481. The number of anilines is 1. The summed E-state index contributed by atoms with van der Waals surface area (Å²) in [6.45, 7) is 3.60. The maximum Gasteiger partial charge on any atom is 0.225 e. The van der Waals surface area contributed by atoms with Crippen molar-refractivity contribution in [3.63, 3.8) is 0 Å². The van der Waals surface area contributed by atoms with Crippen LogP contribution in [0.5, 0.6) is 0 Å².